The molecule has 0 spiro atoms. The van der Waals surface area contributed by atoms with Gasteiger partial charge in [-0.2, -0.15) is 4.98 Å². The number of rotatable bonds is 7. The Morgan fingerprint density at radius 1 is 1.19 bits per heavy atom. The Morgan fingerprint density at radius 3 is 2.74 bits per heavy atom. The largest absolute Gasteiger partial charge is 0.496 e. The summed E-state index contributed by atoms with van der Waals surface area (Å²) in [5, 5.41) is 9.54. The molecule has 1 fully saturated rings. The van der Waals surface area contributed by atoms with E-state index >= 15 is 0 Å². The molecule has 1 aliphatic heterocycles. The number of aliphatic hydroxyl groups is 1. The lowest BCUT2D eigenvalue weighted by molar-refractivity contribution is 0.134. The molecule has 0 saturated carbocycles. The highest BCUT2D eigenvalue weighted by molar-refractivity contribution is 5.37. The van der Waals surface area contributed by atoms with Crippen LogP contribution in [-0.2, 0) is 6.54 Å². The Hall–Kier alpha value is -2.38. The summed E-state index contributed by atoms with van der Waals surface area (Å²) < 4.78 is 10.6. The van der Waals surface area contributed by atoms with Gasteiger partial charge in [0.15, 0.2) is 0 Å². The molecule has 0 bridgehead atoms. The Balaban J connectivity index is 1.71. The molecule has 0 radical (unpaired) electrons. The van der Waals surface area contributed by atoms with Gasteiger partial charge in [0.05, 0.1) is 14.2 Å². The zero-order chi connectivity index (χ0) is 19.2. The van der Waals surface area contributed by atoms with Crippen molar-refractivity contribution in [3.63, 3.8) is 0 Å². The van der Waals surface area contributed by atoms with Gasteiger partial charge in [0.2, 0.25) is 11.8 Å². The second-order valence-corrected chi connectivity index (χ2v) is 6.79. The van der Waals surface area contributed by atoms with Crippen molar-refractivity contribution in [2.75, 3.05) is 45.4 Å². The van der Waals surface area contributed by atoms with Gasteiger partial charge in [-0.05, 0) is 30.5 Å². The predicted octanol–water partition coefficient (Wildman–Crippen LogP) is 1.88. The first-order chi connectivity index (χ1) is 13.1. The topological polar surface area (TPSA) is 71.0 Å². The van der Waals surface area contributed by atoms with Crippen molar-refractivity contribution >= 4 is 5.95 Å². The van der Waals surface area contributed by atoms with Crippen molar-refractivity contribution in [3.8, 4) is 11.6 Å². The minimum atomic E-state index is 0.162. The van der Waals surface area contributed by atoms with Crippen LogP contribution >= 0.6 is 0 Å². The van der Waals surface area contributed by atoms with Crippen LogP contribution in [0.1, 0.15) is 17.5 Å². The van der Waals surface area contributed by atoms with Crippen LogP contribution in [-0.4, -0.2) is 66.5 Å². The molecule has 2 heterocycles. The van der Waals surface area contributed by atoms with Gasteiger partial charge in [-0.3, -0.25) is 4.90 Å². The molecule has 1 saturated heterocycles. The van der Waals surface area contributed by atoms with E-state index in [0.29, 0.717) is 11.8 Å². The molecule has 2 aromatic rings. The number of aromatic nitrogens is 2. The molecule has 7 nitrogen and oxygen atoms in total. The fourth-order valence-electron chi connectivity index (χ4n) is 3.58. The van der Waals surface area contributed by atoms with Crippen molar-refractivity contribution in [3.05, 3.63) is 41.6 Å². The first-order valence-corrected chi connectivity index (χ1v) is 9.25. The molecule has 3 rings (SSSR count). The molecule has 1 aliphatic rings. The molecule has 146 valence electrons. The molecule has 1 N–H and O–H groups in total. The number of aliphatic hydroxyl groups excluding tert-OH is 1. The maximum Gasteiger partial charge on any atom is 0.228 e. The number of nitrogens with zero attached hydrogens (tertiary/aromatic N) is 4. The van der Waals surface area contributed by atoms with E-state index in [1.54, 1.807) is 26.5 Å². The van der Waals surface area contributed by atoms with Crippen molar-refractivity contribution in [1.82, 2.24) is 14.9 Å². The SMILES string of the molecule is COc1ccnc(N2CCN(Cc3ccc(OC)c(C)c3)[C@@H](CCO)C2)n1. The fraction of sp³-hybridized carbons (Fsp3) is 0.500. The second kappa shape index (κ2) is 9.01. The molecule has 27 heavy (non-hydrogen) atoms. The van der Waals surface area contributed by atoms with E-state index in [4.69, 9.17) is 9.47 Å². The Bertz CT molecular complexity index is 756. The van der Waals surface area contributed by atoms with E-state index in [0.717, 1.165) is 43.9 Å². The van der Waals surface area contributed by atoms with Crippen LogP contribution in [0.3, 0.4) is 0 Å². The van der Waals surface area contributed by atoms with Gasteiger partial charge in [0, 0.05) is 51.1 Å². The Labute approximate surface area is 160 Å². The van der Waals surface area contributed by atoms with E-state index in [1.807, 2.05) is 6.07 Å². The molecule has 0 aliphatic carbocycles. The van der Waals surface area contributed by atoms with Crippen LogP contribution in [0.2, 0.25) is 0 Å². The number of piperazine rings is 1. The van der Waals surface area contributed by atoms with Gasteiger partial charge >= 0.3 is 0 Å². The third-order valence-corrected chi connectivity index (χ3v) is 5.02. The van der Waals surface area contributed by atoms with Crippen LogP contribution in [0.15, 0.2) is 30.5 Å². The van der Waals surface area contributed by atoms with Gasteiger partial charge in [-0.25, -0.2) is 4.98 Å². The highest BCUT2D eigenvalue weighted by Gasteiger charge is 2.28. The molecule has 0 amide bonds. The third kappa shape index (κ3) is 4.67. The summed E-state index contributed by atoms with van der Waals surface area (Å²) in [5.74, 6) is 2.15. The zero-order valence-electron chi connectivity index (χ0n) is 16.3. The quantitative estimate of drug-likeness (QED) is 0.796. The highest BCUT2D eigenvalue weighted by Crippen LogP contribution is 2.23. The Morgan fingerprint density at radius 2 is 2.04 bits per heavy atom. The molecule has 1 aromatic heterocycles. The lowest BCUT2D eigenvalue weighted by atomic mass is 10.1. The number of benzene rings is 1. The van der Waals surface area contributed by atoms with Crippen LogP contribution in [0.5, 0.6) is 11.6 Å². The number of ether oxygens (including phenoxy) is 2. The molecular weight excluding hydrogens is 344 g/mol. The minimum Gasteiger partial charge on any atom is -0.496 e. The van der Waals surface area contributed by atoms with Crippen molar-refractivity contribution in [1.29, 1.82) is 0 Å². The molecular formula is C20H28N4O3. The number of hydrogen-bond donors (Lipinski definition) is 1. The third-order valence-electron chi connectivity index (χ3n) is 5.02. The normalized spacial score (nSPS) is 17.8. The summed E-state index contributed by atoms with van der Waals surface area (Å²) in [4.78, 5) is 13.4. The van der Waals surface area contributed by atoms with Gasteiger partial charge in [-0.1, -0.05) is 12.1 Å². The van der Waals surface area contributed by atoms with Gasteiger partial charge < -0.3 is 19.5 Å². The maximum absolute atomic E-state index is 9.54. The molecule has 1 atom stereocenters. The maximum atomic E-state index is 9.54. The Kier molecular flexibility index (Phi) is 6.47. The van der Waals surface area contributed by atoms with Crippen molar-refractivity contribution < 1.29 is 14.6 Å². The fourth-order valence-corrected chi connectivity index (χ4v) is 3.58. The molecule has 0 unspecified atom stereocenters. The summed E-state index contributed by atoms with van der Waals surface area (Å²) in [6, 6.07) is 8.29. The summed E-state index contributed by atoms with van der Waals surface area (Å²) in [7, 11) is 3.30. The second-order valence-electron chi connectivity index (χ2n) is 6.79. The standard InChI is InChI=1S/C20H28N4O3/c1-15-12-16(4-5-18(15)26-2)13-23-9-10-24(14-17(23)7-11-25)20-21-8-6-19(22-20)27-3/h4-6,8,12,17,25H,7,9-11,13-14H2,1-3H3/t17-/m0/s1. The number of anilines is 1. The predicted molar refractivity (Wildman–Crippen MR) is 104 cm³/mol. The van der Waals surface area contributed by atoms with Gasteiger partial charge in [0.1, 0.15) is 5.75 Å². The van der Waals surface area contributed by atoms with Crippen LogP contribution in [0.4, 0.5) is 5.95 Å². The lowest BCUT2D eigenvalue weighted by Crippen LogP contribution is -2.53. The van der Waals surface area contributed by atoms with E-state index in [1.165, 1.54) is 5.56 Å². The summed E-state index contributed by atoms with van der Waals surface area (Å²) in [5.41, 5.74) is 2.39. The summed E-state index contributed by atoms with van der Waals surface area (Å²) in [6.07, 6.45) is 2.43. The number of hydrogen-bond acceptors (Lipinski definition) is 7. The van der Waals surface area contributed by atoms with E-state index in [9.17, 15) is 5.11 Å². The first-order valence-electron chi connectivity index (χ1n) is 9.25. The summed E-state index contributed by atoms with van der Waals surface area (Å²) >= 11 is 0. The average molecular weight is 372 g/mol. The van der Waals surface area contributed by atoms with Gasteiger partial charge in [-0.15, -0.1) is 0 Å². The van der Waals surface area contributed by atoms with Crippen LogP contribution in [0.25, 0.3) is 0 Å². The van der Waals surface area contributed by atoms with E-state index < -0.39 is 0 Å². The first kappa shape index (κ1) is 19.4. The molecule has 1 aromatic carbocycles. The zero-order valence-corrected chi connectivity index (χ0v) is 16.3. The number of methoxy groups -OCH3 is 2. The van der Waals surface area contributed by atoms with Crippen molar-refractivity contribution in [2.24, 2.45) is 0 Å². The lowest BCUT2D eigenvalue weighted by Gasteiger charge is -2.41. The highest BCUT2D eigenvalue weighted by atomic mass is 16.5. The van der Waals surface area contributed by atoms with Crippen molar-refractivity contribution in [2.45, 2.75) is 25.9 Å². The van der Waals surface area contributed by atoms with E-state index in [2.05, 4.69) is 38.8 Å². The molecule has 7 heteroatoms. The minimum absolute atomic E-state index is 0.162. The number of aryl methyl sites for hydroxylation is 1. The monoisotopic (exact) mass is 372 g/mol. The van der Waals surface area contributed by atoms with Gasteiger partial charge in [0.25, 0.3) is 0 Å². The van der Waals surface area contributed by atoms with Crippen LogP contribution < -0.4 is 14.4 Å². The van der Waals surface area contributed by atoms with Crippen LogP contribution in [0, 0.1) is 6.92 Å². The van der Waals surface area contributed by atoms with E-state index in [-0.39, 0.29) is 12.6 Å². The average Bonchev–Trinajstić information content (AvgIpc) is 2.69. The smallest absolute Gasteiger partial charge is 0.228 e. The summed E-state index contributed by atoms with van der Waals surface area (Å²) in [6.45, 7) is 5.58.